The third-order valence-corrected chi connectivity index (χ3v) is 6.33. The Morgan fingerprint density at radius 1 is 0.750 bits per heavy atom. The third-order valence-electron chi connectivity index (χ3n) is 5.32. The van der Waals surface area contributed by atoms with Crippen molar-refractivity contribution in [2.45, 2.75) is 130 Å². The minimum atomic E-state index is -4.23. The highest BCUT2D eigenvalue weighted by Gasteiger charge is 2.21. The lowest BCUT2D eigenvalue weighted by atomic mass is 10.0. The lowest BCUT2D eigenvalue weighted by molar-refractivity contribution is -0.144. The van der Waals surface area contributed by atoms with E-state index in [1.165, 1.54) is 64.2 Å². The first-order valence-corrected chi connectivity index (χ1v) is 15.3. The summed E-state index contributed by atoms with van der Waals surface area (Å²) in [4.78, 5) is 32.9. The normalized spacial score (nSPS) is 13.2. The fourth-order valence-corrected chi connectivity index (χ4v) is 4.21. The number of alkyl carbamates (subject to hydrolysis) is 1. The Morgan fingerprint density at radius 3 is 1.78 bits per heavy atom. The van der Waals surface area contributed by atoms with Gasteiger partial charge in [0, 0.05) is 19.4 Å². The van der Waals surface area contributed by atoms with Gasteiger partial charge in [-0.2, -0.15) is 0 Å². The van der Waals surface area contributed by atoms with Gasteiger partial charge in [0.05, 0.1) is 19.8 Å². The number of rotatable bonds is 23. The molecule has 0 bridgehead atoms. The quantitative estimate of drug-likeness (QED) is 0.0807. The molecule has 1 atom stereocenters. The average molecular weight is 538 g/mol. The van der Waals surface area contributed by atoms with Gasteiger partial charge >= 0.3 is 19.9 Å². The molecule has 0 spiro atoms. The molecule has 2 N–H and O–H groups in total. The molecular weight excluding hydrogens is 485 g/mol. The second-order valence-corrected chi connectivity index (χ2v) is 11.6. The van der Waals surface area contributed by atoms with Crippen molar-refractivity contribution in [2.75, 3.05) is 26.4 Å². The Hall–Kier alpha value is -1.15. The molecule has 0 rings (SSSR count). The van der Waals surface area contributed by atoms with Gasteiger partial charge in [0.1, 0.15) is 5.60 Å². The minimum Gasteiger partial charge on any atom is -0.466 e. The number of carbonyl (C=O) groups excluding carboxylic acids is 2. The fourth-order valence-electron chi connectivity index (χ4n) is 3.45. The van der Waals surface area contributed by atoms with Crippen LogP contribution in [0.3, 0.4) is 0 Å². The van der Waals surface area contributed by atoms with Crippen molar-refractivity contribution in [1.82, 2.24) is 5.32 Å². The zero-order chi connectivity index (χ0) is 27.1. The first-order chi connectivity index (χ1) is 17.1. The molecule has 0 aliphatic carbocycles. The van der Waals surface area contributed by atoms with E-state index in [0.29, 0.717) is 6.42 Å². The van der Waals surface area contributed by atoms with E-state index >= 15 is 0 Å². The van der Waals surface area contributed by atoms with Crippen LogP contribution in [0.5, 0.6) is 0 Å². The first-order valence-electron chi connectivity index (χ1n) is 13.8. The maximum absolute atomic E-state index is 11.8. The monoisotopic (exact) mass is 537 g/mol. The largest absolute Gasteiger partial charge is 0.472 e. The maximum Gasteiger partial charge on any atom is 0.472 e. The molecule has 1 amide bonds. The van der Waals surface area contributed by atoms with Gasteiger partial charge in [-0.3, -0.25) is 13.8 Å². The molecule has 9 nitrogen and oxygen atoms in total. The van der Waals surface area contributed by atoms with Crippen LogP contribution < -0.4 is 5.32 Å². The highest BCUT2D eigenvalue weighted by atomic mass is 31.2. The van der Waals surface area contributed by atoms with Crippen LogP contribution in [0.25, 0.3) is 0 Å². The maximum atomic E-state index is 11.8. The Balaban J connectivity index is 3.51. The zero-order valence-corrected chi connectivity index (χ0v) is 24.1. The lowest BCUT2D eigenvalue weighted by Crippen LogP contribution is -2.34. The van der Waals surface area contributed by atoms with Gasteiger partial charge in [0.2, 0.25) is 0 Å². The van der Waals surface area contributed by atoms with E-state index < -0.39 is 19.5 Å². The minimum absolute atomic E-state index is 0.000367. The Kier molecular flexibility index (Phi) is 21.2. The third kappa shape index (κ3) is 25.9. The van der Waals surface area contributed by atoms with Crippen molar-refractivity contribution in [3.8, 4) is 0 Å². The number of phosphoric acid groups is 1. The molecule has 0 radical (unpaired) electrons. The molecule has 0 heterocycles. The number of ether oxygens (including phenoxy) is 2. The molecule has 0 saturated heterocycles. The number of hydrogen-bond acceptors (Lipinski definition) is 7. The van der Waals surface area contributed by atoms with Crippen LogP contribution in [0.2, 0.25) is 0 Å². The number of nitrogens with one attached hydrogen (secondary N) is 1. The fraction of sp³-hybridized carbons (Fsp3) is 0.923. The summed E-state index contributed by atoms with van der Waals surface area (Å²) in [6, 6.07) is 0. The van der Waals surface area contributed by atoms with Crippen LogP contribution in [-0.2, 0) is 27.9 Å². The van der Waals surface area contributed by atoms with Crippen LogP contribution in [0.1, 0.15) is 124 Å². The number of hydrogen-bond donors (Lipinski definition) is 2. The van der Waals surface area contributed by atoms with Gasteiger partial charge in [-0.1, -0.05) is 84.0 Å². The van der Waals surface area contributed by atoms with Crippen LogP contribution in [-0.4, -0.2) is 48.9 Å². The van der Waals surface area contributed by atoms with Crippen LogP contribution in [0.4, 0.5) is 4.79 Å². The van der Waals surface area contributed by atoms with Gasteiger partial charge in [-0.25, -0.2) is 9.36 Å². The molecule has 36 heavy (non-hydrogen) atoms. The number of carbonyl (C=O) groups is 2. The Labute approximate surface area is 219 Å². The summed E-state index contributed by atoms with van der Waals surface area (Å²) in [5.41, 5.74) is -0.629. The average Bonchev–Trinajstić information content (AvgIpc) is 2.78. The highest BCUT2D eigenvalue weighted by Crippen LogP contribution is 2.42. The molecular formula is C26H52NO8P. The zero-order valence-electron chi connectivity index (χ0n) is 23.2. The molecule has 1 unspecified atom stereocenters. The van der Waals surface area contributed by atoms with E-state index in [9.17, 15) is 19.0 Å². The summed E-state index contributed by atoms with van der Waals surface area (Å²) in [5, 5.41) is 2.41. The molecule has 0 aliphatic rings. The molecule has 0 aromatic rings. The van der Waals surface area contributed by atoms with Crippen molar-refractivity contribution in [3.63, 3.8) is 0 Å². The van der Waals surface area contributed by atoms with E-state index in [4.69, 9.17) is 18.5 Å². The van der Waals surface area contributed by atoms with E-state index in [2.05, 4.69) is 12.2 Å². The second-order valence-electron chi connectivity index (χ2n) is 10.1. The van der Waals surface area contributed by atoms with Crippen LogP contribution in [0.15, 0.2) is 0 Å². The van der Waals surface area contributed by atoms with Gasteiger partial charge in [-0.05, 0) is 27.2 Å². The number of esters is 1. The summed E-state index contributed by atoms with van der Waals surface area (Å²) < 4.78 is 31.6. The summed E-state index contributed by atoms with van der Waals surface area (Å²) in [6.45, 7) is 7.27. The van der Waals surface area contributed by atoms with Gasteiger partial charge < -0.3 is 19.7 Å². The first kappa shape index (κ1) is 34.9. The molecule has 10 heteroatoms. The van der Waals surface area contributed by atoms with Gasteiger partial charge in [0.25, 0.3) is 0 Å². The van der Waals surface area contributed by atoms with E-state index in [-0.39, 0.29) is 38.8 Å². The number of amides is 1. The Bertz CT molecular complexity index is 609. The van der Waals surface area contributed by atoms with Crippen LogP contribution >= 0.6 is 7.82 Å². The molecule has 0 aromatic heterocycles. The topological polar surface area (TPSA) is 120 Å². The molecule has 0 fully saturated rings. The van der Waals surface area contributed by atoms with Crippen molar-refractivity contribution >= 4 is 19.9 Å². The molecule has 214 valence electrons. The number of unbranched alkanes of at least 4 members (excludes halogenated alkanes) is 12. The van der Waals surface area contributed by atoms with Crippen molar-refractivity contribution in [1.29, 1.82) is 0 Å². The summed E-state index contributed by atoms with van der Waals surface area (Å²) in [7, 11) is -4.23. The Morgan fingerprint density at radius 2 is 1.25 bits per heavy atom. The van der Waals surface area contributed by atoms with Crippen molar-refractivity contribution < 1.29 is 37.6 Å². The second kappa shape index (κ2) is 21.9. The molecule has 0 saturated carbocycles. The summed E-state index contributed by atoms with van der Waals surface area (Å²) >= 11 is 0. The van der Waals surface area contributed by atoms with E-state index in [1.54, 1.807) is 20.8 Å². The molecule has 0 aromatic carbocycles. The SMILES string of the molecule is CCCCCCCCCCCCCCCC(=O)OCCCOP(=O)(O)OCCNC(=O)OC(C)(C)C. The van der Waals surface area contributed by atoms with Crippen molar-refractivity contribution in [3.05, 3.63) is 0 Å². The molecule has 0 aliphatic heterocycles. The van der Waals surface area contributed by atoms with Crippen LogP contribution in [0, 0.1) is 0 Å². The standard InChI is InChI=1S/C26H52NO8P/c1-5-6-7-8-9-10-11-12-13-14-15-16-17-19-24(28)32-21-18-22-33-36(30,31)34-23-20-27-25(29)35-26(2,3)4/h5-23H2,1-4H3,(H,27,29)(H,30,31). The summed E-state index contributed by atoms with van der Waals surface area (Å²) in [6.07, 6.45) is 16.4. The predicted octanol–water partition coefficient (Wildman–Crippen LogP) is 7.06. The summed E-state index contributed by atoms with van der Waals surface area (Å²) in [5.74, 6) is -0.255. The van der Waals surface area contributed by atoms with Gasteiger partial charge in [0.15, 0.2) is 0 Å². The lowest BCUT2D eigenvalue weighted by Gasteiger charge is -2.19. The predicted molar refractivity (Wildman–Crippen MR) is 142 cm³/mol. The smallest absolute Gasteiger partial charge is 0.466 e. The van der Waals surface area contributed by atoms with Crippen molar-refractivity contribution in [2.24, 2.45) is 0 Å². The highest BCUT2D eigenvalue weighted by molar-refractivity contribution is 7.47. The number of phosphoric ester groups is 1. The van der Waals surface area contributed by atoms with Gasteiger partial charge in [-0.15, -0.1) is 0 Å². The van der Waals surface area contributed by atoms with E-state index in [0.717, 1.165) is 19.3 Å². The van der Waals surface area contributed by atoms with E-state index in [1.807, 2.05) is 0 Å².